The van der Waals surface area contributed by atoms with Gasteiger partial charge in [0.25, 0.3) is 0 Å². The van der Waals surface area contributed by atoms with Gasteiger partial charge in [-0.3, -0.25) is 9.69 Å². The van der Waals surface area contributed by atoms with Crippen LogP contribution >= 0.6 is 0 Å². The van der Waals surface area contributed by atoms with Gasteiger partial charge in [0.2, 0.25) is 5.91 Å². The fourth-order valence-electron chi connectivity index (χ4n) is 2.74. The highest BCUT2D eigenvalue weighted by atomic mass is 19.3. The van der Waals surface area contributed by atoms with E-state index in [0.717, 1.165) is 11.1 Å². The van der Waals surface area contributed by atoms with Crippen LogP contribution in [0.2, 0.25) is 0 Å². The maximum atomic E-state index is 12.6. The molecule has 1 heterocycles. The first-order valence-corrected chi connectivity index (χ1v) is 7.48. The number of ether oxygens (including phenoxy) is 2. The van der Waals surface area contributed by atoms with Crippen molar-refractivity contribution in [1.82, 2.24) is 4.90 Å². The number of aryl methyl sites for hydroxylation is 2. The van der Waals surface area contributed by atoms with E-state index >= 15 is 0 Å². The number of nitrogens with two attached hydrogens (primary N) is 1. The fourth-order valence-corrected chi connectivity index (χ4v) is 2.74. The molecule has 0 saturated carbocycles. The van der Waals surface area contributed by atoms with E-state index in [4.69, 9.17) is 10.5 Å². The largest absolute Gasteiger partial charge is 0.434 e. The van der Waals surface area contributed by atoms with E-state index in [2.05, 4.69) is 4.74 Å². The summed E-state index contributed by atoms with van der Waals surface area (Å²) in [6, 6.07) is 3.46. The predicted molar refractivity (Wildman–Crippen MR) is 81.4 cm³/mol. The van der Waals surface area contributed by atoms with Gasteiger partial charge in [-0.2, -0.15) is 8.78 Å². The van der Waals surface area contributed by atoms with Gasteiger partial charge >= 0.3 is 6.61 Å². The number of hydrogen-bond donors (Lipinski definition) is 1. The van der Waals surface area contributed by atoms with Crippen LogP contribution in [0.5, 0.6) is 5.75 Å². The fraction of sp³-hybridized carbons (Fsp3) is 0.562. The van der Waals surface area contributed by atoms with E-state index in [1.165, 1.54) is 0 Å². The van der Waals surface area contributed by atoms with Gasteiger partial charge in [-0.05, 0) is 38.0 Å². The lowest BCUT2D eigenvalue weighted by atomic mass is 10.0. The number of primary amides is 1. The molecule has 5 nitrogen and oxygen atoms in total. The molecular weight excluding hydrogens is 306 g/mol. The zero-order valence-electron chi connectivity index (χ0n) is 13.5. The molecule has 23 heavy (non-hydrogen) atoms. The Hall–Kier alpha value is -1.73. The molecule has 1 unspecified atom stereocenters. The number of carbonyl (C=O) groups is 1. The van der Waals surface area contributed by atoms with Gasteiger partial charge in [-0.25, -0.2) is 0 Å². The van der Waals surface area contributed by atoms with E-state index in [9.17, 15) is 13.6 Å². The van der Waals surface area contributed by atoms with Gasteiger partial charge in [0.15, 0.2) is 0 Å². The average molecular weight is 328 g/mol. The number of benzene rings is 1. The smallest absolute Gasteiger partial charge is 0.387 e. The molecule has 0 spiro atoms. The molecule has 7 heteroatoms. The standard InChI is InChI=1S/C16H22F2N2O3/c1-9-4-12(13(5-10(9)2)23-16(17)18)7-20-6-11(3)22-14(8-20)15(19)21/h4-5,11,14,16H,6-8H2,1-3H3,(H2,19,21)/t11-,14?/m1/s1. The van der Waals surface area contributed by atoms with Crippen molar-refractivity contribution in [2.24, 2.45) is 5.73 Å². The Labute approximate surface area is 134 Å². The Bertz CT molecular complexity index is 581. The molecule has 1 aromatic rings. The van der Waals surface area contributed by atoms with Crippen LogP contribution in [0.15, 0.2) is 12.1 Å². The van der Waals surface area contributed by atoms with E-state index in [1.807, 2.05) is 31.7 Å². The number of halogens is 2. The van der Waals surface area contributed by atoms with Crippen molar-refractivity contribution >= 4 is 5.91 Å². The van der Waals surface area contributed by atoms with Crippen molar-refractivity contribution < 1.29 is 23.0 Å². The molecule has 0 aromatic heterocycles. The van der Waals surface area contributed by atoms with Crippen LogP contribution < -0.4 is 10.5 Å². The van der Waals surface area contributed by atoms with E-state index < -0.39 is 18.6 Å². The van der Waals surface area contributed by atoms with Crippen LogP contribution in [-0.2, 0) is 16.1 Å². The van der Waals surface area contributed by atoms with Gasteiger partial charge in [-0.1, -0.05) is 6.07 Å². The van der Waals surface area contributed by atoms with Crippen molar-refractivity contribution in [1.29, 1.82) is 0 Å². The van der Waals surface area contributed by atoms with E-state index in [-0.39, 0.29) is 11.9 Å². The highest BCUT2D eigenvalue weighted by molar-refractivity contribution is 5.79. The predicted octanol–water partition coefficient (Wildman–Crippen LogP) is 1.98. The monoisotopic (exact) mass is 328 g/mol. The Balaban J connectivity index is 2.20. The lowest BCUT2D eigenvalue weighted by Gasteiger charge is -2.35. The average Bonchev–Trinajstić information content (AvgIpc) is 2.43. The molecule has 1 fully saturated rings. The third-order valence-electron chi connectivity index (χ3n) is 3.94. The van der Waals surface area contributed by atoms with Crippen LogP contribution in [0.1, 0.15) is 23.6 Å². The van der Waals surface area contributed by atoms with Crippen molar-refractivity contribution in [2.75, 3.05) is 13.1 Å². The maximum absolute atomic E-state index is 12.6. The molecule has 1 aliphatic heterocycles. The van der Waals surface area contributed by atoms with Crippen LogP contribution in [0.4, 0.5) is 8.78 Å². The second-order valence-electron chi connectivity index (χ2n) is 5.95. The second kappa shape index (κ2) is 7.23. The Morgan fingerprint density at radius 2 is 2.04 bits per heavy atom. The molecule has 0 aliphatic carbocycles. The van der Waals surface area contributed by atoms with Crippen molar-refractivity contribution in [3.8, 4) is 5.75 Å². The van der Waals surface area contributed by atoms with Gasteiger partial charge in [-0.15, -0.1) is 0 Å². The summed E-state index contributed by atoms with van der Waals surface area (Å²) in [5, 5.41) is 0. The molecule has 0 bridgehead atoms. The zero-order chi connectivity index (χ0) is 17.1. The molecule has 1 aromatic carbocycles. The van der Waals surface area contributed by atoms with Crippen molar-refractivity contribution in [3.05, 3.63) is 28.8 Å². The van der Waals surface area contributed by atoms with Crippen LogP contribution in [0, 0.1) is 13.8 Å². The molecule has 0 radical (unpaired) electrons. The highest BCUT2D eigenvalue weighted by Gasteiger charge is 2.29. The summed E-state index contributed by atoms with van der Waals surface area (Å²) in [6.45, 7) is 4.04. The van der Waals surface area contributed by atoms with Crippen molar-refractivity contribution in [2.45, 2.75) is 46.1 Å². The topological polar surface area (TPSA) is 64.8 Å². The minimum absolute atomic E-state index is 0.160. The van der Waals surface area contributed by atoms with Crippen molar-refractivity contribution in [3.63, 3.8) is 0 Å². The number of morpholine rings is 1. The summed E-state index contributed by atoms with van der Waals surface area (Å²) >= 11 is 0. The SMILES string of the molecule is Cc1cc(CN2CC(C(N)=O)O[C@H](C)C2)c(OC(F)F)cc1C. The lowest BCUT2D eigenvalue weighted by molar-refractivity contribution is -0.142. The summed E-state index contributed by atoms with van der Waals surface area (Å²) in [5.41, 5.74) is 7.85. The van der Waals surface area contributed by atoms with Gasteiger partial charge in [0.1, 0.15) is 11.9 Å². The number of hydrogen-bond acceptors (Lipinski definition) is 4. The molecule has 2 atom stereocenters. The molecule has 1 aliphatic rings. The highest BCUT2D eigenvalue weighted by Crippen LogP contribution is 2.27. The van der Waals surface area contributed by atoms with Gasteiger partial charge in [0.05, 0.1) is 6.10 Å². The molecule has 2 N–H and O–H groups in total. The zero-order valence-corrected chi connectivity index (χ0v) is 13.5. The number of amides is 1. The van der Waals surface area contributed by atoms with Gasteiger partial charge < -0.3 is 15.2 Å². The Morgan fingerprint density at radius 3 is 2.65 bits per heavy atom. The number of nitrogens with zero attached hydrogens (tertiary/aromatic N) is 1. The number of alkyl halides is 2. The first-order chi connectivity index (χ1) is 10.8. The Morgan fingerprint density at radius 1 is 1.39 bits per heavy atom. The van der Waals surface area contributed by atoms with Crippen LogP contribution in [-0.4, -0.2) is 42.7 Å². The first-order valence-electron chi connectivity index (χ1n) is 7.48. The summed E-state index contributed by atoms with van der Waals surface area (Å²) in [4.78, 5) is 13.3. The Kier molecular flexibility index (Phi) is 5.54. The lowest BCUT2D eigenvalue weighted by Crippen LogP contribution is -2.51. The summed E-state index contributed by atoms with van der Waals surface area (Å²) in [6.07, 6.45) is -0.850. The number of rotatable bonds is 5. The maximum Gasteiger partial charge on any atom is 0.387 e. The third-order valence-corrected chi connectivity index (χ3v) is 3.94. The molecular formula is C16H22F2N2O3. The molecule has 2 rings (SSSR count). The second-order valence-corrected chi connectivity index (χ2v) is 5.95. The summed E-state index contributed by atoms with van der Waals surface area (Å²) in [5.74, 6) is -0.358. The van der Waals surface area contributed by atoms with Crippen LogP contribution in [0.3, 0.4) is 0 Å². The molecule has 1 amide bonds. The van der Waals surface area contributed by atoms with Crippen LogP contribution in [0.25, 0.3) is 0 Å². The normalized spacial score (nSPS) is 22.3. The third kappa shape index (κ3) is 4.62. The van der Waals surface area contributed by atoms with E-state index in [0.29, 0.717) is 25.2 Å². The minimum Gasteiger partial charge on any atom is -0.434 e. The summed E-state index contributed by atoms with van der Waals surface area (Å²) in [7, 11) is 0. The first kappa shape index (κ1) is 17.6. The quantitative estimate of drug-likeness (QED) is 0.898. The van der Waals surface area contributed by atoms with Gasteiger partial charge in [0, 0.05) is 25.2 Å². The molecule has 128 valence electrons. The minimum atomic E-state index is -2.88. The molecule has 1 saturated heterocycles. The van der Waals surface area contributed by atoms with E-state index in [1.54, 1.807) is 6.07 Å². The summed E-state index contributed by atoms with van der Waals surface area (Å²) < 4.78 is 35.4. The number of carbonyl (C=O) groups excluding carboxylic acids is 1.